The number of hydrogen-bond acceptors (Lipinski definition) is 1. The van der Waals surface area contributed by atoms with Crippen LogP contribution in [0.5, 0.6) is 0 Å². The van der Waals surface area contributed by atoms with Crippen LogP contribution in [0, 0.1) is 0 Å². The summed E-state index contributed by atoms with van der Waals surface area (Å²) in [6.07, 6.45) is 5.73. The summed E-state index contributed by atoms with van der Waals surface area (Å²) in [6.45, 7) is 8.17. The third-order valence-electron chi connectivity index (χ3n) is 0.918. The largest absolute Gasteiger partial charge is 0.516 e. The molecule has 0 fully saturated rings. The Morgan fingerprint density at radius 2 is 1.80 bits per heavy atom. The first-order chi connectivity index (χ1) is 4.68. The van der Waals surface area contributed by atoms with E-state index in [1.165, 1.54) is 5.57 Å². The van der Waals surface area contributed by atoms with Crippen LogP contribution in [0.1, 0.15) is 34.1 Å². The van der Waals surface area contributed by atoms with Crippen LogP contribution in [0.4, 0.5) is 0 Å². The second kappa shape index (κ2) is 11.1. The van der Waals surface area contributed by atoms with Gasteiger partial charge in [0.15, 0.2) is 0 Å². The van der Waals surface area contributed by atoms with Crippen LogP contribution < -0.4 is 0 Å². The third kappa shape index (κ3) is 26.7. The Bertz CT molecular complexity index is 97.3. The average Bonchev–Trinajstić information content (AvgIpc) is 1.91. The molecule has 60 valence electrons. The molecule has 0 spiro atoms. The summed E-state index contributed by atoms with van der Waals surface area (Å²) < 4.78 is 0. The summed E-state index contributed by atoms with van der Waals surface area (Å²) in [6, 6.07) is 0. The van der Waals surface area contributed by atoms with E-state index in [2.05, 4.69) is 19.9 Å². The summed E-state index contributed by atoms with van der Waals surface area (Å²) >= 11 is 0. The molecule has 0 bridgehead atoms. The standard InChI is InChI=1S/C5H10.C4H8O/c1-4-5(2)3;1-2-3-4-5/h4H,1-3H3;3-5H,2H2,1H3. The first kappa shape index (κ1) is 12.0. The average molecular weight is 142 g/mol. The lowest BCUT2D eigenvalue weighted by molar-refractivity contribution is 0.471. The molecule has 0 saturated heterocycles. The number of hydrogen-bond donors (Lipinski definition) is 1. The second-order valence-corrected chi connectivity index (χ2v) is 2.16. The highest BCUT2D eigenvalue weighted by molar-refractivity contribution is 4.88. The van der Waals surface area contributed by atoms with Crippen LogP contribution in [0.2, 0.25) is 0 Å². The fourth-order valence-corrected chi connectivity index (χ4v) is 0.105. The van der Waals surface area contributed by atoms with E-state index in [9.17, 15) is 0 Å². The highest BCUT2D eigenvalue weighted by atomic mass is 16.2. The molecule has 0 rings (SSSR count). The lowest BCUT2D eigenvalue weighted by atomic mass is 10.3. The first-order valence-corrected chi connectivity index (χ1v) is 3.57. The molecule has 0 aliphatic heterocycles. The lowest BCUT2D eigenvalue weighted by Crippen LogP contribution is -1.52. The molecule has 0 radical (unpaired) electrons. The second-order valence-electron chi connectivity index (χ2n) is 2.16. The monoisotopic (exact) mass is 142 g/mol. The van der Waals surface area contributed by atoms with Gasteiger partial charge in [-0.25, -0.2) is 0 Å². The fourth-order valence-electron chi connectivity index (χ4n) is 0.105. The summed E-state index contributed by atoms with van der Waals surface area (Å²) in [5, 5.41) is 7.89. The smallest absolute Gasteiger partial charge is 0.0751 e. The van der Waals surface area contributed by atoms with Crippen LogP contribution in [-0.2, 0) is 0 Å². The predicted molar refractivity (Wildman–Crippen MR) is 47.2 cm³/mol. The number of allylic oxidation sites excluding steroid dienone is 3. The Labute approximate surface area is 64.1 Å². The van der Waals surface area contributed by atoms with Crippen LogP contribution in [0.3, 0.4) is 0 Å². The molecule has 0 unspecified atom stereocenters. The predicted octanol–water partition coefficient (Wildman–Crippen LogP) is 3.44. The molecule has 1 N–H and O–H groups in total. The molecule has 1 heteroatoms. The Morgan fingerprint density at radius 3 is 1.80 bits per heavy atom. The van der Waals surface area contributed by atoms with Crippen molar-refractivity contribution in [3.8, 4) is 0 Å². The highest BCUT2D eigenvalue weighted by Gasteiger charge is 1.60. The zero-order valence-electron chi connectivity index (χ0n) is 7.39. The Morgan fingerprint density at radius 1 is 1.40 bits per heavy atom. The van der Waals surface area contributed by atoms with E-state index in [1.807, 2.05) is 13.8 Å². The van der Waals surface area contributed by atoms with E-state index in [1.54, 1.807) is 6.08 Å². The van der Waals surface area contributed by atoms with Gasteiger partial charge in [0, 0.05) is 0 Å². The van der Waals surface area contributed by atoms with Gasteiger partial charge in [0.25, 0.3) is 0 Å². The maximum Gasteiger partial charge on any atom is 0.0751 e. The maximum atomic E-state index is 7.89. The fraction of sp³-hybridized carbons (Fsp3) is 0.556. The minimum Gasteiger partial charge on any atom is -0.516 e. The molecular formula is C9H18O. The van der Waals surface area contributed by atoms with Crippen LogP contribution >= 0.6 is 0 Å². The molecule has 10 heavy (non-hydrogen) atoms. The van der Waals surface area contributed by atoms with Gasteiger partial charge in [-0.1, -0.05) is 24.6 Å². The number of aliphatic hydroxyl groups is 1. The van der Waals surface area contributed by atoms with E-state index in [-0.39, 0.29) is 0 Å². The van der Waals surface area contributed by atoms with Crippen molar-refractivity contribution in [2.75, 3.05) is 0 Å². The quantitative estimate of drug-likeness (QED) is 0.439. The summed E-state index contributed by atoms with van der Waals surface area (Å²) in [5.41, 5.74) is 1.38. The van der Waals surface area contributed by atoms with Crippen LogP contribution in [0.15, 0.2) is 24.0 Å². The summed E-state index contributed by atoms with van der Waals surface area (Å²) in [5.74, 6) is 0. The first-order valence-electron chi connectivity index (χ1n) is 3.57. The molecular weight excluding hydrogens is 124 g/mol. The van der Waals surface area contributed by atoms with E-state index in [4.69, 9.17) is 5.11 Å². The highest BCUT2D eigenvalue weighted by Crippen LogP contribution is 1.82. The third-order valence-corrected chi connectivity index (χ3v) is 0.918. The van der Waals surface area contributed by atoms with E-state index in [0.717, 1.165) is 12.7 Å². The van der Waals surface area contributed by atoms with E-state index in [0.29, 0.717) is 0 Å². The zero-order valence-corrected chi connectivity index (χ0v) is 7.39. The molecule has 0 heterocycles. The minimum atomic E-state index is 0.913. The SMILES string of the molecule is CC=C(C)C.CCC=CO. The molecule has 1 nitrogen and oxygen atoms in total. The summed E-state index contributed by atoms with van der Waals surface area (Å²) in [7, 11) is 0. The molecule has 0 aromatic carbocycles. The van der Waals surface area contributed by atoms with Crippen molar-refractivity contribution in [1.82, 2.24) is 0 Å². The number of rotatable bonds is 1. The molecule has 0 amide bonds. The van der Waals surface area contributed by atoms with Gasteiger partial charge in [-0.2, -0.15) is 0 Å². The number of aliphatic hydroxyl groups excluding tert-OH is 1. The Hall–Kier alpha value is -0.720. The van der Waals surface area contributed by atoms with Crippen molar-refractivity contribution >= 4 is 0 Å². The normalized spacial score (nSPS) is 8.40. The van der Waals surface area contributed by atoms with E-state index >= 15 is 0 Å². The van der Waals surface area contributed by atoms with Gasteiger partial charge in [0.05, 0.1) is 6.26 Å². The molecule has 0 atom stereocenters. The summed E-state index contributed by atoms with van der Waals surface area (Å²) in [4.78, 5) is 0. The van der Waals surface area contributed by atoms with Crippen LogP contribution in [0.25, 0.3) is 0 Å². The molecule has 0 saturated carbocycles. The van der Waals surface area contributed by atoms with Gasteiger partial charge < -0.3 is 5.11 Å². The van der Waals surface area contributed by atoms with Gasteiger partial charge in [-0.3, -0.25) is 0 Å². The minimum absolute atomic E-state index is 0.913. The van der Waals surface area contributed by atoms with Gasteiger partial charge in [0.1, 0.15) is 0 Å². The van der Waals surface area contributed by atoms with Crippen molar-refractivity contribution in [3.05, 3.63) is 24.0 Å². The topological polar surface area (TPSA) is 20.2 Å². The van der Waals surface area contributed by atoms with E-state index < -0.39 is 0 Å². The Balaban J connectivity index is 0. The van der Waals surface area contributed by atoms with Crippen molar-refractivity contribution in [2.45, 2.75) is 34.1 Å². The molecule has 0 aromatic rings. The lowest BCUT2D eigenvalue weighted by Gasteiger charge is -1.74. The van der Waals surface area contributed by atoms with Gasteiger partial charge in [-0.15, -0.1) is 0 Å². The maximum absolute atomic E-state index is 7.89. The van der Waals surface area contributed by atoms with Crippen molar-refractivity contribution in [1.29, 1.82) is 0 Å². The zero-order chi connectivity index (χ0) is 8.41. The van der Waals surface area contributed by atoms with Gasteiger partial charge in [0.2, 0.25) is 0 Å². The molecule has 0 aliphatic rings. The van der Waals surface area contributed by atoms with Crippen molar-refractivity contribution in [2.24, 2.45) is 0 Å². The van der Waals surface area contributed by atoms with Gasteiger partial charge in [-0.05, 0) is 27.2 Å². The van der Waals surface area contributed by atoms with Crippen LogP contribution in [-0.4, -0.2) is 5.11 Å². The van der Waals surface area contributed by atoms with Crippen molar-refractivity contribution < 1.29 is 5.11 Å². The van der Waals surface area contributed by atoms with Crippen molar-refractivity contribution in [3.63, 3.8) is 0 Å². The van der Waals surface area contributed by atoms with Gasteiger partial charge >= 0.3 is 0 Å². The molecule has 0 aromatic heterocycles. The molecule has 0 aliphatic carbocycles. The Kier molecular flexibility index (Phi) is 13.4.